The molecule has 0 saturated heterocycles. The molecule has 0 radical (unpaired) electrons. The highest BCUT2D eigenvalue weighted by Gasteiger charge is 2.16. The molecule has 150 valence electrons. The van der Waals surface area contributed by atoms with Crippen LogP contribution >= 0.6 is 0 Å². The predicted octanol–water partition coefficient (Wildman–Crippen LogP) is 3.81. The van der Waals surface area contributed by atoms with Gasteiger partial charge >= 0.3 is 0 Å². The number of carbonyl (C=O) groups is 1. The third-order valence-corrected chi connectivity index (χ3v) is 5.02. The highest BCUT2D eigenvalue weighted by atomic mass is 16.1. The molecular formula is C25H20N5O+. The molecule has 2 N–H and O–H groups in total. The predicted molar refractivity (Wildman–Crippen MR) is 118 cm³/mol. The number of H-pyrrole nitrogens is 1. The van der Waals surface area contributed by atoms with Gasteiger partial charge in [-0.1, -0.05) is 60.7 Å². The summed E-state index contributed by atoms with van der Waals surface area (Å²) in [6, 6.07) is 27.6. The zero-order valence-electron chi connectivity index (χ0n) is 16.7. The summed E-state index contributed by atoms with van der Waals surface area (Å²) in [6.07, 6.45) is 3.68. The number of hydrogen-bond donors (Lipinski definition) is 1. The van der Waals surface area contributed by atoms with Gasteiger partial charge < -0.3 is 5.32 Å². The van der Waals surface area contributed by atoms with Crippen molar-refractivity contribution in [3.63, 3.8) is 0 Å². The lowest BCUT2D eigenvalue weighted by Crippen LogP contribution is -2.24. The molecule has 0 aliphatic carbocycles. The largest absolute Gasteiger partial charge is 0.346 e. The summed E-state index contributed by atoms with van der Waals surface area (Å²) in [5.74, 6) is -0.241. The van der Waals surface area contributed by atoms with Crippen molar-refractivity contribution >= 4 is 11.6 Å². The number of fused-ring (bicyclic) bond motifs is 1. The molecule has 5 rings (SSSR count). The molecule has 31 heavy (non-hydrogen) atoms. The fraction of sp³-hybridized carbons (Fsp3) is 0.0400. The molecule has 0 aliphatic rings. The quantitative estimate of drug-likeness (QED) is 0.482. The molecule has 6 nitrogen and oxygen atoms in total. The normalized spacial score (nSPS) is 10.8. The summed E-state index contributed by atoms with van der Waals surface area (Å²) < 4.78 is 1.73. The standard InChI is InChI=1S/C25H19N5O/c31-25(27-17-18-8-7-13-26-16-18)22-15-24-28-21(19-9-3-1-4-10-19)14-23(30(24)29-22)20-11-5-2-6-12-20/h1-16H,17H2,(H,27,31)/p+1. The number of carbonyl (C=O) groups excluding carboxylic acids is 1. The third-order valence-electron chi connectivity index (χ3n) is 5.02. The van der Waals surface area contributed by atoms with Gasteiger partial charge in [0.05, 0.1) is 11.4 Å². The maximum atomic E-state index is 12.8. The molecule has 0 saturated carbocycles. The van der Waals surface area contributed by atoms with E-state index in [0.717, 1.165) is 28.1 Å². The molecule has 3 heterocycles. The molecule has 1 amide bonds. The fourth-order valence-electron chi connectivity index (χ4n) is 3.47. The van der Waals surface area contributed by atoms with Crippen molar-refractivity contribution in [1.29, 1.82) is 0 Å². The lowest BCUT2D eigenvalue weighted by atomic mass is 10.1. The molecule has 0 bridgehead atoms. The van der Waals surface area contributed by atoms with E-state index >= 15 is 0 Å². The third kappa shape index (κ3) is 3.91. The van der Waals surface area contributed by atoms with E-state index in [4.69, 9.17) is 4.98 Å². The molecule has 5 aromatic rings. The van der Waals surface area contributed by atoms with Gasteiger partial charge in [-0.3, -0.25) is 4.79 Å². The van der Waals surface area contributed by atoms with Crippen LogP contribution in [-0.4, -0.2) is 20.5 Å². The molecule has 0 aliphatic heterocycles. The summed E-state index contributed by atoms with van der Waals surface area (Å²) in [6.45, 7) is 0.415. The zero-order chi connectivity index (χ0) is 21.0. The SMILES string of the molecule is O=C(NCc1ccc[nH+]c1)c1cc2nc(-c3ccccc3)cc(-c3ccccc3)n2n1. The number of aromatic nitrogens is 4. The minimum atomic E-state index is -0.241. The first-order valence-electron chi connectivity index (χ1n) is 10.0. The Balaban J connectivity index is 1.55. The van der Waals surface area contributed by atoms with Crippen molar-refractivity contribution in [3.05, 3.63) is 109 Å². The van der Waals surface area contributed by atoms with Crippen molar-refractivity contribution in [2.24, 2.45) is 0 Å². The lowest BCUT2D eigenvalue weighted by molar-refractivity contribution is -0.378. The second-order valence-electron chi connectivity index (χ2n) is 7.15. The molecule has 0 fully saturated rings. The summed E-state index contributed by atoms with van der Waals surface area (Å²) in [7, 11) is 0. The summed E-state index contributed by atoms with van der Waals surface area (Å²) in [5, 5.41) is 7.49. The van der Waals surface area contributed by atoms with Crippen LogP contribution in [0.3, 0.4) is 0 Å². The van der Waals surface area contributed by atoms with Gasteiger partial charge in [-0.15, -0.1) is 0 Å². The Morgan fingerprint density at radius 2 is 1.65 bits per heavy atom. The van der Waals surface area contributed by atoms with Crippen LogP contribution in [0.25, 0.3) is 28.2 Å². The van der Waals surface area contributed by atoms with Crippen LogP contribution in [0, 0.1) is 0 Å². The maximum Gasteiger partial charge on any atom is 0.272 e. The van der Waals surface area contributed by atoms with E-state index in [2.05, 4.69) is 15.4 Å². The Morgan fingerprint density at radius 3 is 2.35 bits per heavy atom. The van der Waals surface area contributed by atoms with Gasteiger partial charge in [0.2, 0.25) is 0 Å². The van der Waals surface area contributed by atoms with Gasteiger partial charge in [0, 0.05) is 35.4 Å². The average Bonchev–Trinajstić information content (AvgIpc) is 3.28. The highest BCUT2D eigenvalue weighted by Crippen LogP contribution is 2.26. The molecule has 0 atom stereocenters. The topological polar surface area (TPSA) is 73.4 Å². The molecule has 0 spiro atoms. The summed E-state index contributed by atoms with van der Waals surface area (Å²) in [5.41, 5.74) is 5.65. The van der Waals surface area contributed by atoms with Crippen LogP contribution in [0.5, 0.6) is 0 Å². The molecule has 0 unspecified atom stereocenters. The highest BCUT2D eigenvalue weighted by molar-refractivity contribution is 5.93. The average molecular weight is 406 g/mol. The van der Waals surface area contributed by atoms with E-state index in [1.54, 1.807) is 10.6 Å². The molecule has 3 aromatic heterocycles. The van der Waals surface area contributed by atoms with E-state index in [9.17, 15) is 4.79 Å². The number of nitrogens with one attached hydrogen (secondary N) is 2. The smallest absolute Gasteiger partial charge is 0.272 e. The van der Waals surface area contributed by atoms with Gasteiger partial charge in [-0.2, -0.15) is 5.10 Å². The Bertz CT molecular complexity index is 1330. The second-order valence-corrected chi connectivity index (χ2v) is 7.15. The van der Waals surface area contributed by atoms with Gasteiger partial charge in [0.15, 0.2) is 23.7 Å². The Labute approximate surface area is 179 Å². The first kappa shape index (κ1) is 18.7. The van der Waals surface area contributed by atoms with Gasteiger partial charge in [-0.25, -0.2) is 14.5 Å². The van der Waals surface area contributed by atoms with Crippen molar-refractivity contribution < 1.29 is 9.78 Å². The number of rotatable bonds is 5. The number of aromatic amines is 1. The molecular weight excluding hydrogens is 386 g/mol. The van der Waals surface area contributed by atoms with E-state index in [0.29, 0.717) is 17.9 Å². The van der Waals surface area contributed by atoms with E-state index in [1.807, 2.05) is 91.3 Å². The fourth-order valence-corrected chi connectivity index (χ4v) is 3.47. The van der Waals surface area contributed by atoms with E-state index in [-0.39, 0.29) is 5.91 Å². The van der Waals surface area contributed by atoms with Crippen molar-refractivity contribution in [1.82, 2.24) is 19.9 Å². The van der Waals surface area contributed by atoms with Crippen LogP contribution in [0.2, 0.25) is 0 Å². The summed E-state index contributed by atoms with van der Waals surface area (Å²) >= 11 is 0. The zero-order valence-corrected chi connectivity index (χ0v) is 16.7. The number of benzene rings is 2. The van der Waals surface area contributed by atoms with Crippen LogP contribution in [0.1, 0.15) is 16.1 Å². The van der Waals surface area contributed by atoms with Crippen LogP contribution < -0.4 is 10.3 Å². The van der Waals surface area contributed by atoms with Crippen LogP contribution in [-0.2, 0) is 6.54 Å². The van der Waals surface area contributed by atoms with Gasteiger partial charge in [0.1, 0.15) is 0 Å². The number of nitrogens with zero attached hydrogens (tertiary/aromatic N) is 3. The Morgan fingerprint density at radius 1 is 0.903 bits per heavy atom. The van der Waals surface area contributed by atoms with E-state index < -0.39 is 0 Å². The minimum Gasteiger partial charge on any atom is -0.346 e. The monoisotopic (exact) mass is 406 g/mol. The van der Waals surface area contributed by atoms with Crippen molar-refractivity contribution in [2.75, 3.05) is 0 Å². The maximum absolute atomic E-state index is 12.8. The minimum absolute atomic E-state index is 0.241. The van der Waals surface area contributed by atoms with Crippen molar-refractivity contribution in [2.45, 2.75) is 6.54 Å². The number of amides is 1. The Hall–Kier alpha value is -4.32. The summed E-state index contributed by atoms with van der Waals surface area (Å²) in [4.78, 5) is 20.5. The second kappa shape index (κ2) is 8.20. The van der Waals surface area contributed by atoms with Crippen LogP contribution in [0.4, 0.5) is 0 Å². The first-order valence-corrected chi connectivity index (χ1v) is 10.0. The molecule has 2 aromatic carbocycles. The first-order chi connectivity index (χ1) is 15.3. The van der Waals surface area contributed by atoms with Gasteiger partial charge in [-0.05, 0) is 12.1 Å². The number of hydrogen-bond acceptors (Lipinski definition) is 3. The number of pyridine rings is 1. The Kier molecular flexibility index (Phi) is 4.94. The van der Waals surface area contributed by atoms with Crippen LogP contribution in [0.15, 0.2) is 97.3 Å². The molecule has 6 heteroatoms. The van der Waals surface area contributed by atoms with Gasteiger partial charge in [0.25, 0.3) is 5.91 Å². The van der Waals surface area contributed by atoms with E-state index in [1.165, 1.54) is 0 Å². The van der Waals surface area contributed by atoms with Crippen molar-refractivity contribution in [3.8, 4) is 22.5 Å². The lowest BCUT2D eigenvalue weighted by Gasteiger charge is -2.08.